The van der Waals surface area contributed by atoms with Crippen LogP contribution in [0.5, 0.6) is 0 Å². The van der Waals surface area contributed by atoms with Gasteiger partial charge in [-0.15, -0.1) is 0 Å². The minimum Gasteiger partial charge on any atom is -0.380 e. The van der Waals surface area contributed by atoms with Gasteiger partial charge in [-0.25, -0.2) is 9.97 Å². The van der Waals surface area contributed by atoms with Crippen LogP contribution in [0.25, 0.3) is 0 Å². The van der Waals surface area contributed by atoms with E-state index in [1.54, 1.807) is 12.4 Å². The Morgan fingerprint density at radius 1 is 1.40 bits per heavy atom. The molecule has 1 rings (SSSR count). The first-order valence-electron chi connectivity index (χ1n) is 5.07. The summed E-state index contributed by atoms with van der Waals surface area (Å²) in [6.07, 6.45) is 3.50. The Hall–Kier alpha value is -1.20. The van der Waals surface area contributed by atoms with Crippen molar-refractivity contribution in [1.82, 2.24) is 9.97 Å². The average molecular weight is 210 g/mol. The van der Waals surface area contributed by atoms with Crippen LogP contribution < -0.4 is 10.6 Å². The molecule has 0 radical (unpaired) electrons. The highest BCUT2D eigenvalue weighted by Gasteiger charge is 2.03. The summed E-state index contributed by atoms with van der Waals surface area (Å²) >= 11 is 0. The first-order valence-corrected chi connectivity index (χ1v) is 5.07. The van der Waals surface area contributed by atoms with E-state index < -0.39 is 0 Å². The highest BCUT2D eigenvalue weighted by atomic mass is 16.5. The van der Waals surface area contributed by atoms with Gasteiger partial charge in [0, 0.05) is 44.7 Å². The molecule has 0 atom stereocenters. The molecule has 1 aromatic heterocycles. The lowest BCUT2D eigenvalue weighted by molar-refractivity contribution is 0.154. The van der Waals surface area contributed by atoms with E-state index in [4.69, 9.17) is 10.5 Å². The molecule has 0 unspecified atom stereocenters. The predicted octanol–water partition coefficient (Wildman–Crippen LogP) is 0.408. The first-order chi connectivity index (χ1) is 7.27. The molecule has 0 aromatic carbocycles. The zero-order valence-electron chi connectivity index (χ0n) is 9.31. The molecule has 0 saturated carbocycles. The van der Waals surface area contributed by atoms with E-state index >= 15 is 0 Å². The number of likely N-dealkylation sites (N-methyl/N-ethyl adjacent to an activating group) is 1. The molecule has 0 fully saturated rings. The maximum Gasteiger partial charge on any atom is 0.225 e. The SMILES string of the molecule is CCOCCN(C)c1ncc(CN)cn1. The summed E-state index contributed by atoms with van der Waals surface area (Å²) in [6.45, 7) is 4.67. The van der Waals surface area contributed by atoms with Gasteiger partial charge < -0.3 is 15.4 Å². The molecule has 15 heavy (non-hydrogen) atoms. The summed E-state index contributed by atoms with van der Waals surface area (Å²) in [5.74, 6) is 0.701. The summed E-state index contributed by atoms with van der Waals surface area (Å²) in [4.78, 5) is 10.4. The topological polar surface area (TPSA) is 64.3 Å². The number of hydrogen-bond donors (Lipinski definition) is 1. The molecule has 1 aromatic rings. The second-order valence-electron chi connectivity index (χ2n) is 3.21. The van der Waals surface area contributed by atoms with Crippen molar-refractivity contribution in [3.8, 4) is 0 Å². The largest absolute Gasteiger partial charge is 0.380 e. The number of hydrogen-bond acceptors (Lipinski definition) is 5. The van der Waals surface area contributed by atoms with Crippen LogP contribution >= 0.6 is 0 Å². The zero-order chi connectivity index (χ0) is 11.1. The molecule has 0 aliphatic carbocycles. The van der Waals surface area contributed by atoms with Crippen molar-refractivity contribution in [2.75, 3.05) is 31.7 Å². The van der Waals surface area contributed by atoms with E-state index in [0.29, 0.717) is 19.1 Å². The molecule has 84 valence electrons. The quantitative estimate of drug-likeness (QED) is 0.689. The molecular formula is C10H18N4O. The Labute approximate surface area is 90.3 Å². The van der Waals surface area contributed by atoms with Gasteiger partial charge in [0.2, 0.25) is 5.95 Å². The smallest absolute Gasteiger partial charge is 0.225 e. The number of aromatic nitrogens is 2. The van der Waals surface area contributed by atoms with Crippen molar-refractivity contribution in [1.29, 1.82) is 0 Å². The van der Waals surface area contributed by atoms with Crippen LogP contribution in [0.15, 0.2) is 12.4 Å². The highest BCUT2D eigenvalue weighted by molar-refractivity contribution is 5.28. The van der Waals surface area contributed by atoms with Crippen LogP contribution in [0, 0.1) is 0 Å². The van der Waals surface area contributed by atoms with Gasteiger partial charge >= 0.3 is 0 Å². The van der Waals surface area contributed by atoms with Crippen LogP contribution in [-0.4, -0.2) is 36.8 Å². The minimum absolute atomic E-state index is 0.475. The average Bonchev–Trinajstić information content (AvgIpc) is 2.29. The standard InChI is InChI=1S/C10H18N4O/c1-3-15-5-4-14(2)10-12-7-9(6-11)8-13-10/h7-8H,3-6,11H2,1-2H3. The molecule has 0 spiro atoms. The monoisotopic (exact) mass is 210 g/mol. The Bertz CT molecular complexity index is 275. The van der Waals surface area contributed by atoms with E-state index in [-0.39, 0.29) is 0 Å². The van der Waals surface area contributed by atoms with E-state index in [1.807, 2.05) is 18.9 Å². The third kappa shape index (κ3) is 3.81. The third-order valence-corrected chi connectivity index (χ3v) is 2.04. The van der Waals surface area contributed by atoms with Crippen molar-refractivity contribution >= 4 is 5.95 Å². The van der Waals surface area contributed by atoms with Crippen molar-refractivity contribution in [2.45, 2.75) is 13.5 Å². The maximum absolute atomic E-state index is 5.46. The van der Waals surface area contributed by atoms with Crippen LogP contribution in [-0.2, 0) is 11.3 Å². The van der Waals surface area contributed by atoms with Gasteiger partial charge in [0.1, 0.15) is 0 Å². The van der Waals surface area contributed by atoms with E-state index in [2.05, 4.69) is 9.97 Å². The van der Waals surface area contributed by atoms with Gasteiger partial charge in [-0.2, -0.15) is 0 Å². The van der Waals surface area contributed by atoms with Crippen molar-refractivity contribution in [3.05, 3.63) is 18.0 Å². The van der Waals surface area contributed by atoms with E-state index in [1.165, 1.54) is 0 Å². The Kier molecular flexibility index (Phi) is 5.00. The van der Waals surface area contributed by atoms with Crippen molar-refractivity contribution in [2.24, 2.45) is 5.73 Å². The van der Waals surface area contributed by atoms with Crippen LogP contribution in [0.3, 0.4) is 0 Å². The molecule has 0 bridgehead atoms. The van der Waals surface area contributed by atoms with E-state index in [9.17, 15) is 0 Å². The number of ether oxygens (including phenoxy) is 1. The number of nitrogens with two attached hydrogens (primary N) is 1. The van der Waals surface area contributed by atoms with Gasteiger partial charge in [-0.05, 0) is 6.92 Å². The molecule has 0 aliphatic heterocycles. The molecule has 5 nitrogen and oxygen atoms in total. The lowest BCUT2D eigenvalue weighted by atomic mass is 10.3. The third-order valence-electron chi connectivity index (χ3n) is 2.04. The lowest BCUT2D eigenvalue weighted by Crippen LogP contribution is -2.24. The fraction of sp³-hybridized carbons (Fsp3) is 0.600. The van der Waals surface area contributed by atoms with Gasteiger partial charge in [0.05, 0.1) is 6.61 Å². The van der Waals surface area contributed by atoms with Crippen LogP contribution in [0.1, 0.15) is 12.5 Å². The Morgan fingerprint density at radius 3 is 2.60 bits per heavy atom. The normalized spacial score (nSPS) is 10.3. The molecular weight excluding hydrogens is 192 g/mol. The number of rotatable bonds is 6. The Morgan fingerprint density at radius 2 is 2.07 bits per heavy atom. The minimum atomic E-state index is 0.475. The fourth-order valence-electron chi connectivity index (χ4n) is 1.10. The second kappa shape index (κ2) is 6.31. The van der Waals surface area contributed by atoms with Crippen molar-refractivity contribution < 1.29 is 4.74 Å². The number of anilines is 1. The molecule has 1 heterocycles. The second-order valence-corrected chi connectivity index (χ2v) is 3.21. The molecule has 0 aliphatic rings. The zero-order valence-corrected chi connectivity index (χ0v) is 9.31. The lowest BCUT2D eigenvalue weighted by Gasteiger charge is -2.16. The summed E-state index contributed by atoms with van der Waals surface area (Å²) in [5, 5.41) is 0. The van der Waals surface area contributed by atoms with Gasteiger partial charge in [-0.1, -0.05) is 0 Å². The summed E-state index contributed by atoms with van der Waals surface area (Å²) in [6, 6.07) is 0. The van der Waals surface area contributed by atoms with Crippen LogP contribution in [0.4, 0.5) is 5.95 Å². The Balaban J connectivity index is 2.46. The van der Waals surface area contributed by atoms with Crippen LogP contribution in [0.2, 0.25) is 0 Å². The maximum atomic E-state index is 5.46. The van der Waals surface area contributed by atoms with Crippen molar-refractivity contribution in [3.63, 3.8) is 0 Å². The van der Waals surface area contributed by atoms with Gasteiger partial charge in [0.15, 0.2) is 0 Å². The molecule has 2 N–H and O–H groups in total. The molecule has 5 heteroatoms. The van der Waals surface area contributed by atoms with Gasteiger partial charge in [0.25, 0.3) is 0 Å². The predicted molar refractivity (Wildman–Crippen MR) is 59.7 cm³/mol. The number of nitrogens with zero attached hydrogens (tertiary/aromatic N) is 3. The fourth-order valence-corrected chi connectivity index (χ4v) is 1.10. The van der Waals surface area contributed by atoms with E-state index in [0.717, 1.165) is 18.7 Å². The first kappa shape index (κ1) is 11.9. The summed E-state index contributed by atoms with van der Waals surface area (Å²) in [5.41, 5.74) is 6.40. The summed E-state index contributed by atoms with van der Waals surface area (Å²) in [7, 11) is 1.94. The summed E-state index contributed by atoms with van der Waals surface area (Å²) < 4.78 is 5.25. The highest BCUT2D eigenvalue weighted by Crippen LogP contribution is 2.03. The molecule has 0 saturated heterocycles. The van der Waals surface area contributed by atoms with Gasteiger partial charge in [-0.3, -0.25) is 0 Å². The molecule has 0 amide bonds.